The van der Waals surface area contributed by atoms with Gasteiger partial charge in [-0.1, -0.05) is 18.2 Å². The van der Waals surface area contributed by atoms with E-state index in [1.54, 1.807) is 36.4 Å². The van der Waals surface area contributed by atoms with Crippen LogP contribution in [-0.2, 0) is 9.47 Å². The van der Waals surface area contributed by atoms with Crippen molar-refractivity contribution in [2.24, 2.45) is 0 Å². The molecule has 3 heterocycles. The Labute approximate surface area is 165 Å². The molecule has 0 radical (unpaired) electrons. The quantitative estimate of drug-likeness (QED) is 0.391. The van der Waals surface area contributed by atoms with Gasteiger partial charge in [-0.25, -0.2) is 13.9 Å². The number of alkyl halides is 1. The minimum absolute atomic E-state index is 0.166. The third-order valence-electron chi connectivity index (χ3n) is 4.96. The molecule has 0 aliphatic carbocycles. The SMILES string of the molecule is Nc1ncnn2c([C@@H]3O[C@](CF)(COCOc4ccccc4)[C@@H](O)[C@H]3O)ccc12. The molecule has 4 N–H and O–H groups in total. The van der Waals surface area contributed by atoms with Crippen LogP contribution in [0, 0.1) is 0 Å². The summed E-state index contributed by atoms with van der Waals surface area (Å²) in [5.41, 5.74) is 5.00. The minimum atomic E-state index is -1.74. The number of hydrogen-bond donors (Lipinski definition) is 3. The van der Waals surface area contributed by atoms with Crippen molar-refractivity contribution in [3.05, 3.63) is 54.5 Å². The molecule has 0 unspecified atom stereocenters. The standard InChI is InChI=1S/C19H21FN4O5/c20-8-19(9-27-11-28-12-4-2-1-3-5-12)17(26)15(25)16(29-19)13-6-7-14-18(21)22-10-23-24(13)14/h1-7,10,15-17,25-26H,8-9,11H2,(H2,21,22,23)/t15-,16-,17-,19+/m0/s1. The number of anilines is 1. The number of benzene rings is 1. The van der Waals surface area contributed by atoms with Crippen LogP contribution in [0.2, 0.25) is 0 Å². The number of halogens is 1. The largest absolute Gasteiger partial charge is 0.468 e. The fourth-order valence-corrected chi connectivity index (χ4v) is 3.40. The van der Waals surface area contributed by atoms with Gasteiger partial charge < -0.3 is 30.2 Å². The van der Waals surface area contributed by atoms with Crippen molar-refractivity contribution in [1.82, 2.24) is 14.6 Å². The number of aliphatic hydroxyl groups excluding tert-OH is 2. The van der Waals surface area contributed by atoms with Gasteiger partial charge in [-0.3, -0.25) is 0 Å². The highest BCUT2D eigenvalue weighted by Crippen LogP contribution is 2.41. The second-order valence-corrected chi connectivity index (χ2v) is 6.80. The molecule has 10 heteroatoms. The number of rotatable bonds is 7. The van der Waals surface area contributed by atoms with E-state index in [2.05, 4.69) is 10.1 Å². The molecule has 0 spiro atoms. The Kier molecular flexibility index (Phi) is 5.33. The Hall–Kier alpha value is -2.79. The molecule has 3 aromatic rings. The van der Waals surface area contributed by atoms with Gasteiger partial charge in [0.1, 0.15) is 48.2 Å². The van der Waals surface area contributed by atoms with E-state index in [4.69, 9.17) is 19.9 Å². The molecule has 2 aromatic heterocycles. The number of aromatic nitrogens is 3. The summed E-state index contributed by atoms with van der Waals surface area (Å²) in [5, 5.41) is 25.2. The molecular formula is C19H21FN4O5. The maximum Gasteiger partial charge on any atom is 0.189 e. The molecule has 1 aliphatic rings. The van der Waals surface area contributed by atoms with Crippen LogP contribution < -0.4 is 10.5 Å². The fraction of sp³-hybridized carbons (Fsp3) is 0.368. The molecule has 1 saturated heterocycles. The summed E-state index contributed by atoms with van der Waals surface area (Å²) in [4.78, 5) is 3.90. The summed E-state index contributed by atoms with van der Waals surface area (Å²) in [7, 11) is 0. The Morgan fingerprint density at radius 2 is 2.00 bits per heavy atom. The highest BCUT2D eigenvalue weighted by molar-refractivity contribution is 5.65. The Bertz CT molecular complexity index is 972. The van der Waals surface area contributed by atoms with Gasteiger partial charge >= 0.3 is 0 Å². The van der Waals surface area contributed by atoms with Crippen LogP contribution in [0.3, 0.4) is 0 Å². The van der Waals surface area contributed by atoms with Gasteiger partial charge in [0.25, 0.3) is 0 Å². The fourth-order valence-electron chi connectivity index (χ4n) is 3.40. The molecular weight excluding hydrogens is 383 g/mol. The second-order valence-electron chi connectivity index (χ2n) is 6.80. The first-order chi connectivity index (χ1) is 14.1. The van der Waals surface area contributed by atoms with Crippen LogP contribution in [0.4, 0.5) is 10.2 Å². The number of nitrogens with two attached hydrogens (primary N) is 1. The van der Waals surface area contributed by atoms with Crippen LogP contribution in [0.25, 0.3) is 5.52 Å². The first-order valence-electron chi connectivity index (χ1n) is 8.99. The van der Waals surface area contributed by atoms with Gasteiger partial charge in [-0.2, -0.15) is 5.10 Å². The van der Waals surface area contributed by atoms with Crippen molar-refractivity contribution in [3.8, 4) is 5.75 Å². The van der Waals surface area contributed by atoms with Gasteiger partial charge in [0, 0.05) is 0 Å². The highest BCUT2D eigenvalue weighted by atomic mass is 19.1. The first-order valence-corrected chi connectivity index (χ1v) is 8.99. The second kappa shape index (κ2) is 7.91. The van der Waals surface area contributed by atoms with Gasteiger partial charge in [0.2, 0.25) is 0 Å². The van der Waals surface area contributed by atoms with Crippen LogP contribution in [-0.4, -0.2) is 62.7 Å². The molecule has 154 valence electrons. The zero-order chi connectivity index (χ0) is 20.4. The van der Waals surface area contributed by atoms with Crippen LogP contribution in [0.1, 0.15) is 11.8 Å². The van der Waals surface area contributed by atoms with Crippen LogP contribution in [0.15, 0.2) is 48.8 Å². The van der Waals surface area contributed by atoms with Crippen molar-refractivity contribution >= 4 is 11.3 Å². The summed E-state index contributed by atoms with van der Waals surface area (Å²) in [6, 6.07) is 12.3. The minimum Gasteiger partial charge on any atom is -0.468 e. The van der Waals surface area contributed by atoms with E-state index in [0.717, 1.165) is 0 Å². The average Bonchev–Trinajstić information content (AvgIpc) is 3.28. The van der Waals surface area contributed by atoms with Gasteiger partial charge in [-0.05, 0) is 24.3 Å². The lowest BCUT2D eigenvalue weighted by Gasteiger charge is -2.28. The van der Waals surface area contributed by atoms with E-state index in [0.29, 0.717) is 17.0 Å². The highest BCUT2D eigenvalue weighted by Gasteiger charge is 2.55. The van der Waals surface area contributed by atoms with Crippen molar-refractivity contribution in [1.29, 1.82) is 0 Å². The van der Waals surface area contributed by atoms with E-state index in [9.17, 15) is 14.6 Å². The molecule has 9 nitrogen and oxygen atoms in total. The summed E-state index contributed by atoms with van der Waals surface area (Å²) in [6.07, 6.45) is -2.68. The zero-order valence-electron chi connectivity index (χ0n) is 15.4. The third kappa shape index (κ3) is 3.51. The summed E-state index contributed by atoms with van der Waals surface area (Å²) in [5.74, 6) is 0.835. The van der Waals surface area contributed by atoms with Gasteiger partial charge in [0.05, 0.1) is 12.3 Å². The van der Waals surface area contributed by atoms with Crippen molar-refractivity contribution in [2.75, 3.05) is 25.8 Å². The Balaban J connectivity index is 1.48. The van der Waals surface area contributed by atoms with Crippen LogP contribution >= 0.6 is 0 Å². The smallest absolute Gasteiger partial charge is 0.189 e. The summed E-state index contributed by atoms with van der Waals surface area (Å²) in [6.45, 7) is -1.54. The number of para-hydroxylation sites is 1. The maximum atomic E-state index is 14.0. The lowest BCUT2D eigenvalue weighted by molar-refractivity contribution is -0.151. The zero-order valence-corrected chi connectivity index (χ0v) is 15.4. The lowest BCUT2D eigenvalue weighted by Crippen LogP contribution is -2.49. The number of nitrogen functional groups attached to an aromatic ring is 1. The predicted octanol–water partition coefficient (Wildman–Crippen LogP) is 0.866. The number of fused-ring (bicyclic) bond motifs is 1. The molecule has 0 saturated carbocycles. The molecule has 4 atom stereocenters. The normalized spacial score (nSPS) is 26.8. The Morgan fingerprint density at radius 1 is 1.21 bits per heavy atom. The number of hydrogen-bond acceptors (Lipinski definition) is 8. The number of nitrogens with zero attached hydrogens (tertiary/aromatic N) is 3. The molecule has 0 amide bonds. The molecule has 29 heavy (non-hydrogen) atoms. The molecule has 4 rings (SSSR count). The molecule has 1 aliphatic heterocycles. The monoisotopic (exact) mass is 404 g/mol. The molecule has 1 aromatic carbocycles. The first kappa shape index (κ1) is 19.5. The van der Waals surface area contributed by atoms with E-state index in [-0.39, 0.29) is 19.2 Å². The van der Waals surface area contributed by atoms with E-state index >= 15 is 0 Å². The average molecular weight is 404 g/mol. The van der Waals surface area contributed by atoms with E-state index in [1.807, 2.05) is 6.07 Å². The molecule has 1 fully saturated rings. The maximum absolute atomic E-state index is 14.0. The number of aliphatic hydroxyl groups is 2. The van der Waals surface area contributed by atoms with E-state index in [1.165, 1.54) is 10.8 Å². The third-order valence-corrected chi connectivity index (χ3v) is 4.96. The summed E-state index contributed by atoms with van der Waals surface area (Å²) >= 11 is 0. The predicted molar refractivity (Wildman–Crippen MR) is 99.8 cm³/mol. The molecule has 0 bridgehead atoms. The number of ether oxygens (including phenoxy) is 3. The van der Waals surface area contributed by atoms with Crippen molar-refractivity contribution in [3.63, 3.8) is 0 Å². The van der Waals surface area contributed by atoms with Crippen LogP contribution in [0.5, 0.6) is 5.75 Å². The topological polar surface area (TPSA) is 124 Å². The Morgan fingerprint density at radius 3 is 2.76 bits per heavy atom. The lowest BCUT2D eigenvalue weighted by atomic mass is 9.96. The van der Waals surface area contributed by atoms with Gasteiger partial charge in [-0.15, -0.1) is 0 Å². The summed E-state index contributed by atoms with van der Waals surface area (Å²) < 4.78 is 32.0. The van der Waals surface area contributed by atoms with E-state index < -0.39 is 30.6 Å². The van der Waals surface area contributed by atoms with Gasteiger partial charge in [0.15, 0.2) is 12.6 Å². The van der Waals surface area contributed by atoms with Crippen molar-refractivity contribution < 1.29 is 28.8 Å². The van der Waals surface area contributed by atoms with Crippen molar-refractivity contribution in [2.45, 2.75) is 23.9 Å².